The van der Waals surface area contributed by atoms with E-state index in [4.69, 9.17) is 23.9 Å². The number of methoxy groups -OCH3 is 2. The van der Waals surface area contributed by atoms with Crippen molar-refractivity contribution in [3.8, 4) is 11.6 Å². The van der Waals surface area contributed by atoms with E-state index in [9.17, 15) is 4.79 Å². The van der Waals surface area contributed by atoms with Crippen molar-refractivity contribution in [2.45, 2.75) is 18.9 Å². The first-order chi connectivity index (χ1) is 15.0. The molecule has 1 amide bonds. The van der Waals surface area contributed by atoms with Gasteiger partial charge in [0, 0.05) is 64.0 Å². The van der Waals surface area contributed by atoms with Crippen molar-refractivity contribution in [1.82, 2.24) is 19.7 Å². The number of aromatic nitrogens is 4. The molecule has 1 aliphatic heterocycles. The summed E-state index contributed by atoms with van der Waals surface area (Å²) in [4.78, 5) is 20.5. The average Bonchev–Trinajstić information content (AvgIpc) is 3.41. The summed E-state index contributed by atoms with van der Waals surface area (Å²) in [6, 6.07) is 5.44. The van der Waals surface area contributed by atoms with E-state index in [1.807, 2.05) is 12.1 Å². The van der Waals surface area contributed by atoms with Gasteiger partial charge in [-0.3, -0.25) is 4.79 Å². The molecule has 10 nitrogen and oxygen atoms in total. The van der Waals surface area contributed by atoms with E-state index in [1.165, 1.54) is 6.92 Å². The van der Waals surface area contributed by atoms with Crippen LogP contribution in [-0.4, -0.2) is 66.3 Å². The third kappa shape index (κ3) is 4.36. The molecule has 4 rings (SSSR count). The zero-order chi connectivity index (χ0) is 21.8. The Labute approximate surface area is 179 Å². The molecule has 0 aliphatic carbocycles. The number of amides is 1. The molecule has 0 bridgehead atoms. The zero-order valence-electron chi connectivity index (χ0n) is 17.8. The highest BCUT2D eigenvalue weighted by Gasteiger charge is 2.39. The third-order valence-corrected chi connectivity index (χ3v) is 5.16. The number of carbonyl (C=O) groups excluding carboxylic acids is 1. The molecule has 31 heavy (non-hydrogen) atoms. The molecule has 1 saturated heterocycles. The van der Waals surface area contributed by atoms with Gasteiger partial charge < -0.3 is 24.3 Å². The molecule has 0 saturated carbocycles. The maximum Gasteiger partial charge on any atom is 0.222 e. The van der Waals surface area contributed by atoms with E-state index >= 15 is 0 Å². The minimum absolute atomic E-state index is 0.199. The van der Waals surface area contributed by atoms with E-state index in [0.717, 1.165) is 10.9 Å². The number of rotatable bonds is 8. The number of pyridine rings is 2. The summed E-state index contributed by atoms with van der Waals surface area (Å²) in [5, 5.41) is 8.00. The maximum absolute atomic E-state index is 11.4. The first kappa shape index (κ1) is 21.2. The highest BCUT2D eigenvalue weighted by atomic mass is 16.6. The van der Waals surface area contributed by atoms with Crippen LogP contribution in [0.1, 0.15) is 19.0 Å². The minimum atomic E-state index is -0.652. The van der Waals surface area contributed by atoms with Gasteiger partial charge in [0.25, 0.3) is 0 Å². The number of ether oxygens (including phenoxy) is 4. The molecule has 0 spiro atoms. The second-order valence-electron chi connectivity index (χ2n) is 7.25. The first-order valence-corrected chi connectivity index (χ1v) is 9.93. The first-order valence-electron chi connectivity index (χ1n) is 9.93. The summed E-state index contributed by atoms with van der Waals surface area (Å²) in [5.74, 6) is 1.42. The van der Waals surface area contributed by atoms with Gasteiger partial charge in [-0.15, -0.1) is 0 Å². The standard InChI is InChI=1S/C21H25N5O5/c1-14(27)24-19-10-17-15(11-22-19)12-23-26(17)20-9-16(31-7-6-28-2)8-18(25-20)21(29-3)4-5-30-13-21/h8-12H,4-7,13H2,1-3H3,(H,22,24,27). The lowest BCUT2D eigenvalue weighted by molar-refractivity contribution is -0.114. The summed E-state index contributed by atoms with van der Waals surface area (Å²) in [7, 11) is 3.28. The van der Waals surface area contributed by atoms with Crippen molar-refractivity contribution in [3.05, 3.63) is 36.3 Å². The van der Waals surface area contributed by atoms with Crippen LogP contribution in [0.5, 0.6) is 5.75 Å². The molecular weight excluding hydrogens is 402 g/mol. The van der Waals surface area contributed by atoms with Crippen LogP contribution >= 0.6 is 0 Å². The Bertz CT molecular complexity index is 1080. The number of carbonyl (C=O) groups is 1. The summed E-state index contributed by atoms with van der Waals surface area (Å²) in [6.07, 6.45) is 4.05. The van der Waals surface area contributed by atoms with Crippen LogP contribution in [0.25, 0.3) is 16.7 Å². The van der Waals surface area contributed by atoms with E-state index < -0.39 is 5.60 Å². The normalized spacial score (nSPS) is 18.4. The number of nitrogens with one attached hydrogen (secondary N) is 1. The Morgan fingerprint density at radius 3 is 2.84 bits per heavy atom. The lowest BCUT2D eigenvalue weighted by Crippen LogP contribution is -2.30. The molecule has 1 fully saturated rings. The fraction of sp³-hybridized carbons (Fsp3) is 0.429. The van der Waals surface area contributed by atoms with E-state index in [-0.39, 0.29) is 5.91 Å². The van der Waals surface area contributed by atoms with Crippen LogP contribution in [0, 0.1) is 0 Å². The fourth-order valence-electron chi connectivity index (χ4n) is 3.53. The third-order valence-electron chi connectivity index (χ3n) is 5.16. The number of nitrogens with zero attached hydrogens (tertiary/aromatic N) is 4. The summed E-state index contributed by atoms with van der Waals surface area (Å²) in [6.45, 7) is 3.30. The molecule has 10 heteroatoms. The van der Waals surface area contributed by atoms with E-state index in [0.29, 0.717) is 55.9 Å². The molecule has 1 aliphatic rings. The largest absolute Gasteiger partial charge is 0.491 e. The summed E-state index contributed by atoms with van der Waals surface area (Å²) >= 11 is 0. The zero-order valence-corrected chi connectivity index (χ0v) is 17.8. The topological polar surface area (TPSA) is 110 Å². The Kier molecular flexibility index (Phi) is 6.12. The van der Waals surface area contributed by atoms with Crippen LogP contribution in [0.15, 0.2) is 30.6 Å². The van der Waals surface area contributed by atoms with E-state index in [1.54, 1.807) is 37.4 Å². The van der Waals surface area contributed by atoms with Crippen LogP contribution in [-0.2, 0) is 24.6 Å². The maximum atomic E-state index is 11.4. The van der Waals surface area contributed by atoms with Crippen molar-refractivity contribution >= 4 is 22.6 Å². The Morgan fingerprint density at radius 1 is 1.26 bits per heavy atom. The van der Waals surface area contributed by atoms with Gasteiger partial charge in [-0.2, -0.15) is 5.10 Å². The van der Waals surface area contributed by atoms with Gasteiger partial charge in [-0.25, -0.2) is 14.6 Å². The van der Waals surface area contributed by atoms with Crippen molar-refractivity contribution in [2.75, 3.05) is 46.0 Å². The second-order valence-corrected chi connectivity index (χ2v) is 7.25. The van der Waals surface area contributed by atoms with Gasteiger partial charge in [0.2, 0.25) is 5.91 Å². The minimum Gasteiger partial charge on any atom is -0.491 e. The Balaban J connectivity index is 1.80. The van der Waals surface area contributed by atoms with Crippen LogP contribution in [0.2, 0.25) is 0 Å². The van der Waals surface area contributed by atoms with Crippen LogP contribution in [0.3, 0.4) is 0 Å². The SMILES string of the molecule is COCCOc1cc(-n2ncc3cnc(NC(C)=O)cc32)nc(C2(OC)CCOC2)c1. The number of hydrogen-bond donors (Lipinski definition) is 1. The summed E-state index contributed by atoms with van der Waals surface area (Å²) in [5.41, 5.74) is 0.805. The van der Waals surface area contributed by atoms with Crippen molar-refractivity contribution in [2.24, 2.45) is 0 Å². The lowest BCUT2D eigenvalue weighted by Gasteiger charge is -2.26. The van der Waals surface area contributed by atoms with E-state index in [2.05, 4.69) is 15.4 Å². The molecule has 1 N–H and O–H groups in total. The van der Waals surface area contributed by atoms with Gasteiger partial charge in [0.05, 0.1) is 30.6 Å². The van der Waals surface area contributed by atoms with Crippen molar-refractivity contribution in [1.29, 1.82) is 0 Å². The molecule has 1 atom stereocenters. The highest BCUT2D eigenvalue weighted by Crippen LogP contribution is 2.35. The van der Waals surface area contributed by atoms with Gasteiger partial charge in [-0.1, -0.05) is 0 Å². The van der Waals surface area contributed by atoms with Crippen molar-refractivity contribution in [3.63, 3.8) is 0 Å². The average molecular weight is 427 g/mol. The number of anilines is 1. The summed E-state index contributed by atoms with van der Waals surface area (Å²) < 4.78 is 24.1. The predicted molar refractivity (Wildman–Crippen MR) is 112 cm³/mol. The van der Waals surface area contributed by atoms with Gasteiger partial charge in [0.15, 0.2) is 5.82 Å². The Morgan fingerprint density at radius 2 is 2.13 bits per heavy atom. The molecule has 0 aromatic carbocycles. The molecule has 4 heterocycles. The lowest BCUT2D eigenvalue weighted by atomic mass is 9.97. The molecule has 164 valence electrons. The molecule has 3 aromatic heterocycles. The molecule has 3 aromatic rings. The van der Waals surface area contributed by atoms with Crippen LogP contribution in [0.4, 0.5) is 5.82 Å². The van der Waals surface area contributed by atoms with Crippen molar-refractivity contribution < 1.29 is 23.7 Å². The fourth-order valence-corrected chi connectivity index (χ4v) is 3.53. The second kappa shape index (κ2) is 8.96. The Hall–Kier alpha value is -3.08. The number of hydrogen-bond acceptors (Lipinski definition) is 8. The smallest absolute Gasteiger partial charge is 0.222 e. The van der Waals surface area contributed by atoms with Gasteiger partial charge >= 0.3 is 0 Å². The predicted octanol–water partition coefficient (Wildman–Crippen LogP) is 2.06. The molecule has 0 radical (unpaired) electrons. The number of fused-ring (bicyclic) bond motifs is 1. The monoisotopic (exact) mass is 427 g/mol. The van der Waals surface area contributed by atoms with Crippen LogP contribution < -0.4 is 10.1 Å². The molecular formula is C21H25N5O5. The quantitative estimate of drug-likeness (QED) is 0.544. The van der Waals surface area contributed by atoms with Gasteiger partial charge in [-0.05, 0) is 0 Å². The molecule has 1 unspecified atom stereocenters. The van der Waals surface area contributed by atoms with Gasteiger partial charge in [0.1, 0.15) is 23.8 Å². The highest BCUT2D eigenvalue weighted by molar-refractivity contribution is 5.90.